The molecule has 0 spiro atoms. The zero-order valence-electron chi connectivity index (χ0n) is 11.7. The van der Waals surface area contributed by atoms with Crippen molar-refractivity contribution in [2.45, 2.75) is 49.9 Å². The molecule has 3 unspecified atom stereocenters. The molecular weight excluding hydrogens is 252 g/mol. The second-order valence-corrected chi connectivity index (χ2v) is 6.37. The van der Waals surface area contributed by atoms with Gasteiger partial charge in [0, 0.05) is 17.3 Å². The standard InChI is InChI=1S/C16H22N2S/c1-12(14-7-5-6-13(10-14)11-17)18-15-8-3-4-9-16(15)19-2/h5-7,10,12,15-16,18H,3-4,8-9H2,1-2H3. The molecule has 0 heterocycles. The maximum Gasteiger partial charge on any atom is 0.0991 e. The fourth-order valence-electron chi connectivity index (χ4n) is 2.86. The van der Waals surface area contributed by atoms with Crippen LogP contribution in [0.4, 0.5) is 0 Å². The van der Waals surface area contributed by atoms with Gasteiger partial charge in [-0.1, -0.05) is 25.0 Å². The summed E-state index contributed by atoms with van der Waals surface area (Å²) in [6, 6.07) is 11.1. The molecule has 19 heavy (non-hydrogen) atoms. The van der Waals surface area contributed by atoms with Gasteiger partial charge in [0.25, 0.3) is 0 Å². The lowest BCUT2D eigenvalue weighted by Gasteiger charge is -2.33. The number of nitrogens with zero attached hydrogens (tertiary/aromatic N) is 1. The van der Waals surface area contributed by atoms with Gasteiger partial charge in [-0.15, -0.1) is 0 Å². The van der Waals surface area contributed by atoms with Crippen LogP contribution < -0.4 is 5.32 Å². The van der Waals surface area contributed by atoms with Crippen LogP contribution >= 0.6 is 11.8 Å². The number of hydrogen-bond acceptors (Lipinski definition) is 3. The molecule has 0 bridgehead atoms. The highest BCUT2D eigenvalue weighted by Gasteiger charge is 2.25. The minimum Gasteiger partial charge on any atom is -0.306 e. The van der Waals surface area contributed by atoms with Gasteiger partial charge in [-0.05, 0) is 43.7 Å². The fraction of sp³-hybridized carbons (Fsp3) is 0.562. The van der Waals surface area contributed by atoms with Crippen molar-refractivity contribution >= 4 is 11.8 Å². The van der Waals surface area contributed by atoms with E-state index in [9.17, 15) is 0 Å². The lowest BCUT2D eigenvalue weighted by atomic mass is 9.93. The molecule has 1 N–H and O–H groups in total. The summed E-state index contributed by atoms with van der Waals surface area (Å²) < 4.78 is 0. The third kappa shape index (κ3) is 3.75. The van der Waals surface area contributed by atoms with E-state index in [0.717, 1.165) is 10.8 Å². The summed E-state index contributed by atoms with van der Waals surface area (Å²) in [6.45, 7) is 2.20. The van der Waals surface area contributed by atoms with E-state index in [2.05, 4.69) is 30.6 Å². The summed E-state index contributed by atoms with van der Waals surface area (Å²) in [7, 11) is 0. The van der Waals surface area contributed by atoms with Gasteiger partial charge in [-0.2, -0.15) is 17.0 Å². The molecule has 2 nitrogen and oxygen atoms in total. The number of thioether (sulfide) groups is 1. The van der Waals surface area contributed by atoms with Crippen molar-refractivity contribution < 1.29 is 0 Å². The first kappa shape index (κ1) is 14.4. The van der Waals surface area contributed by atoms with Crippen molar-refractivity contribution in [3.8, 4) is 6.07 Å². The SMILES string of the molecule is CSC1CCCCC1NC(C)c1cccc(C#N)c1. The molecule has 3 atom stereocenters. The van der Waals surface area contributed by atoms with E-state index >= 15 is 0 Å². The Morgan fingerprint density at radius 3 is 2.89 bits per heavy atom. The third-order valence-electron chi connectivity index (χ3n) is 3.99. The largest absolute Gasteiger partial charge is 0.306 e. The van der Waals surface area contributed by atoms with Crippen LogP contribution in [0.15, 0.2) is 24.3 Å². The number of benzene rings is 1. The first-order valence-corrected chi connectivity index (χ1v) is 8.32. The molecule has 1 aromatic carbocycles. The summed E-state index contributed by atoms with van der Waals surface area (Å²) >= 11 is 1.98. The van der Waals surface area contributed by atoms with Crippen molar-refractivity contribution in [3.63, 3.8) is 0 Å². The van der Waals surface area contributed by atoms with E-state index in [1.807, 2.05) is 30.0 Å². The molecule has 1 aliphatic rings. The smallest absolute Gasteiger partial charge is 0.0991 e. The third-order valence-corrected chi connectivity index (χ3v) is 5.15. The quantitative estimate of drug-likeness (QED) is 0.905. The first-order valence-electron chi connectivity index (χ1n) is 7.03. The predicted octanol–water partition coefficient (Wildman–Crippen LogP) is 3.88. The minimum atomic E-state index is 0.311. The van der Waals surface area contributed by atoms with Crippen molar-refractivity contribution in [2.24, 2.45) is 0 Å². The lowest BCUT2D eigenvalue weighted by Crippen LogP contribution is -2.41. The van der Waals surface area contributed by atoms with Gasteiger partial charge >= 0.3 is 0 Å². The molecule has 102 valence electrons. The molecule has 1 aliphatic carbocycles. The maximum absolute atomic E-state index is 8.97. The summed E-state index contributed by atoms with van der Waals surface area (Å²) in [5, 5.41) is 13.5. The topological polar surface area (TPSA) is 35.8 Å². The Balaban J connectivity index is 2.03. The summed E-state index contributed by atoms with van der Waals surface area (Å²) in [4.78, 5) is 0. The van der Waals surface area contributed by atoms with E-state index in [4.69, 9.17) is 5.26 Å². The van der Waals surface area contributed by atoms with E-state index in [1.54, 1.807) is 0 Å². The summed E-state index contributed by atoms with van der Waals surface area (Å²) in [5.41, 5.74) is 1.96. The Hall–Kier alpha value is -0.980. The van der Waals surface area contributed by atoms with E-state index < -0.39 is 0 Å². The van der Waals surface area contributed by atoms with E-state index in [0.29, 0.717) is 12.1 Å². The van der Waals surface area contributed by atoms with Gasteiger partial charge in [0.05, 0.1) is 11.6 Å². The van der Waals surface area contributed by atoms with Crippen molar-refractivity contribution in [3.05, 3.63) is 35.4 Å². The van der Waals surface area contributed by atoms with Gasteiger partial charge in [0.2, 0.25) is 0 Å². The lowest BCUT2D eigenvalue weighted by molar-refractivity contribution is 0.356. The van der Waals surface area contributed by atoms with Crippen LogP contribution in [0.3, 0.4) is 0 Å². The second kappa shape index (κ2) is 6.98. The highest BCUT2D eigenvalue weighted by atomic mass is 32.2. The molecule has 0 aromatic heterocycles. The maximum atomic E-state index is 8.97. The van der Waals surface area contributed by atoms with Gasteiger partial charge in [0.15, 0.2) is 0 Å². The van der Waals surface area contributed by atoms with Crippen LogP contribution in [0.1, 0.15) is 49.8 Å². The molecular formula is C16H22N2S. The molecule has 0 aliphatic heterocycles. The van der Waals surface area contributed by atoms with Crippen molar-refractivity contribution in [1.29, 1.82) is 5.26 Å². The van der Waals surface area contributed by atoms with Crippen LogP contribution in [0.2, 0.25) is 0 Å². The van der Waals surface area contributed by atoms with Crippen LogP contribution in [-0.2, 0) is 0 Å². The predicted molar refractivity (Wildman–Crippen MR) is 82.3 cm³/mol. The number of nitrogens with one attached hydrogen (secondary N) is 1. The van der Waals surface area contributed by atoms with Crippen LogP contribution in [0, 0.1) is 11.3 Å². The second-order valence-electron chi connectivity index (χ2n) is 5.29. The number of nitriles is 1. The van der Waals surface area contributed by atoms with Crippen LogP contribution in [0.5, 0.6) is 0 Å². The van der Waals surface area contributed by atoms with Crippen LogP contribution in [0.25, 0.3) is 0 Å². The van der Waals surface area contributed by atoms with Crippen LogP contribution in [-0.4, -0.2) is 17.5 Å². The average Bonchev–Trinajstić information content (AvgIpc) is 2.47. The normalized spacial score (nSPS) is 24.7. The highest BCUT2D eigenvalue weighted by Crippen LogP contribution is 2.29. The number of hydrogen-bond donors (Lipinski definition) is 1. The van der Waals surface area contributed by atoms with Gasteiger partial charge in [-0.3, -0.25) is 0 Å². The Bertz CT molecular complexity index is 452. The molecule has 1 aromatic rings. The first-order chi connectivity index (χ1) is 9.24. The molecule has 0 radical (unpaired) electrons. The Morgan fingerprint density at radius 1 is 1.37 bits per heavy atom. The van der Waals surface area contributed by atoms with E-state index in [-0.39, 0.29) is 0 Å². The monoisotopic (exact) mass is 274 g/mol. The zero-order valence-corrected chi connectivity index (χ0v) is 12.5. The van der Waals surface area contributed by atoms with Crippen molar-refractivity contribution in [1.82, 2.24) is 5.32 Å². The van der Waals surface area contributed by atoms with E-state index in [1.165, 1.54) is 31.2 Å². The number of rotatable bonds is 4. The summed E-state index contributed by atoms with van der Waals surface area (Å²) in [5.74, 6) is 0. The Morgan fingerprint density at radius 2 is 2.16 bits per heavy atom. The molecule has 0 amide bonds. The van der Waals surface area contributed by atoms with Crippen molar-refractivity contribution in [2.75, 3.05) is 6.26 Å². The Kier molecular flexibility index (Phi) is 5.30. The van der Waals surface area contributed by atoms with Gasteiger partial charge < -0.3 is 5.32 Å². The summed E-state index contributed by atoms with van der Waals surface area (Å²) in [6.07, 6.45) is 7.50. The average molecular weight is 274 g/mol. The molecule has 1 fully saturated rings. The highest BCUT2D eigenvalue weighted by molar-refractivity contribution is 7.99. The zero-order chi connectivity index (χ0) is 13.7. The molecule has 0 saturated heterocycles. The molecule has 1 saturated carbocycles. The minimum absolute atomic E-state index is 0.311. The molecule has 3 heteroatoms. The Labute approximate surface area is 120 Å². The molecule has 2 rings (SSSR count). The van der Waals surface area contributed by atoms with Gasteiger partial charge in [-0.25, -0.2) is 0 Å². The fourth-order valence-corrected chi connectivity index (χ4v) is 3.81. The van der Waals surface area contributed by atoms with Gasteiger partial charge in [0.1, 0.15) is 0 Å².